The molecule has 0 aliphatic heterocycles. The van der Waals surface area contributed by atoms with Crippen LogP contribution >= 0.6 is 0 Å². The Hall–Kier alpha value is -3.00. The first kappa shape index (κ1) is 18.3. The summed E-state index contributed by atoms with van der Waals surface area (Å²) >= 11 is 0. The number of aromatic nitrogens is 2. The van der Waals surface area contributed by atoms with E-state index in [0.29, 0.717) is 36.0 Å². The lowest BCUT2D eigenvalue weighted by molar-refractivity contribution is 0.0600. The minimum Gasteiger partial charge on any atom is -0.465 e. The van der Waals surface area contributed by atoms with Crippen LogP contribution in [-0.4, -0.2) is 49.2 Å². The van der Waals surface area contributed by atoms with E-state index in [2.05, 4.69) is 25.3 Å². The first-order valence-corrected chi connectivity index (χ1v) is 7.61. The number of ether oxygens (including phenoxy) is 2. The van der Waals surface area contributed by atoms with Crippen LogP contribution in [0.1, 0.15) is 26.5 Å². The molecule has 1 amide bonds. The lowest BCUT2D eigenvalue weighted by Gasteiger charge is -2.09. The molecule has 0 radical (unpaired) electrons. The highest BCUT2D eigenvalue weighted by atomic mass is 16.5. The van der Waals surface area contributed by atoms with Crippen molar-refractivity contribution in [2.75, 3.05) is 38.0 Å². The van der Waals surface area contributed by atoms with Gasteiger partial charge < -0.3 is 20.1 Å². The third kappa shape index (κ3) is 5.25. The zero-order valence-electron chi connectivity index (χ0n) is 14.3. The van der Waals surface area contributed by atoms with E-state index in [0.717, 1.165) is 0 Å². The lowest BCUT2D eigenvalue weighted by Crippen LogP contribution is -2.17. The molecule has 0 saturated carbocycles. The molecule has 1 aromatic heterocycles. The van der Waals surface area contributed by atoms with Crippen LogP contribution < -0.4 is 10.6 Å². The molecule has 2 rings (SSSR count). The molecule has 8 heteroatoms. The van der Waals surface area contributed by atoms with Crippen molar-refractivity contribution >= 4 is 23.5 Å². The zero-order chi connectivity index (χ0) is 18.2. The van der Waals surface area contributed by atoms with Gasteiger partial charge in [-0.05, 0) is 31.2 Å². The second-order valence-corrected chi connectivity index (χ2v) is 5.16. The Balaban J connectivity index is 2.14. The maximum atomic E-state index is 12.4. The zero-order valence-corrected chi connectivity index (χ0v) is 14.3. The Morgan fingerprint density at radius 1 is 1.16 bits per heavy atom. The van der Waals surface area contributed by atoms with Crippen LogP contribution in [0.4, 0.5) is 11.6 Å². The van der Waals surface area contributed by atoms with Gasteiger partial charge >= 0.3 is 5.97 Å². The molecule has 0 aliphatic rings. The Bertz CT molecular complexity index is 764. The second kappa shape index (κ2) is 8.74. The van der Waals surface area contributed by atoms with Crippen molar-refractivity contribution < 1.29 is 19.1 Å². The number of rotatable bonds is 7. The number of carbonyl (C=O) groups is 2. The van der Waals surface area contributed by atoms with Gasteiger partial charge in [-0.1, -0.05) is 6.07 Å². The predicted molar refractivity (Wildman–Crippen MR) is 92.9 cm³/mol. The average Bonchev–Trinajstić information content (AvgIpc) is 2.61. The van der Waals surface area contributed by atoms with Crippen LogP contribution in [0.25, 0.3) is 0 Å². The standard InChI is InChI=1S/C17H20N4O4/c1-11-9-14(21-17(19-11)18-7-8-24-2)15(22)20-13-6-4-5-12(10-13)16(23)25-3/h4-6,9-10H,7-8H2,1-3H3,(H,20,22)(H,18,19,21). The summed E-state index contributed by atoms with van der Waals surface area (Å²) in [5.41, 5.74) is 1.69. The van der Waals surface area contributed by atoms with Crippen molar-refractivity contribution in [1.29, 1.82) is 0 Å². The van der Waals surface area contributed by atoms with Crippen LogP contribution in [-0.2, 0) is 9.47 Å². The molecule has 132 valence electrons. The summed E-state index contributed by atoms with van der Waals surface area (Å²) < 4.78 is 9.62. The molecule has 0 aliphatic carbocycles. The summed E-state index contributed by atoms with van der Waals surface area (Å²) in [4.78, 5) is 32.4. The van der Waals surface area contributed by atoms with Crippen molar-refractivity contribution in [1.82, 2.24) is 9.97 Å². The number of methoxy groups -OCH3 is 2. The van der Waals surface area contributed by atoms with Crippen LogP contribution in [0.2, 0.25) is 0 Å². The quantitative estimate of drug-likeness (QED) is 0.584. The normalized spacial score (nSPS) is 10.2. The van der Waals surface area contributed by atoms with E-state index >= 15 is 0 Å². The molecular formula is C17H20N4O4. The number of hydrogen-bond donors (Lipinski definition) is 2. The Kier molecular flexibility index (Phi) is 6.41. The first-order valence-electron chi connectivity index (χ1n) is 7.61. The second-order valence-electron chi connectivity index (χ2n) is 5.16. The summed E-state index contributed by atoms with van der Waals surface area (Å²) in [5.74, 6) is -0.522. The summed E-state index contributed by atoms with van der Waals surface area (Å²) in [6.45, 7) is 2.80. The molecule has 2 aromatic rings. The van der Waals surface area contributed by atoms with Gasteiger partial charge in [-0.25, -0.2) is 14.8 Å². The van der Waals surface area contributed by atoms with Gasteiger partial charge in [0.1, 0.15) is 5.69 Å². The van der Waals surface area contributed by atoms with Crippen LogP contribution in [0.3, 0.4) is 0 Å². The third-order valence-electron chi connectivity index (χ3n) is 3.22. The van der Waals surface area contributed by atoms with E-state index in [1.165, 1.54) is 13.2 Å². The number of amides is 1. The van der Waals surface area contributed by atoms with Crippen molar-refractivity contribution in [3.8, 4) is 0 Å². The molecule has 0 bridgehead atoms. The molecule has 0 unspecified atom stereocenters. The first-order chi connectivity index (χ1) is 12.0. The minimum absolute atomic E-state index is 0.218. The average molecular weight is 344 g/mol. The van der Waals surface area contributed by atoms with Gasteiger partial charge in [-0.2, -0.15) is 0 Å². The van der Waals surface area contributed by atoms with E-state index < -0.39 is 11.9 Å². The van der Waals surface area contributed by atoms with E-state index in [9.17, 15) is 9.59 Å². The lowest BCUT2D eigenvalue weighted by atomic mass is 10.2. The van der Waals surface area contributed by atoms with Crippen molar-refractivity contribution in [3.63, 3.8) is 0 Å². The van der Waals surface area contributed by atoms with Gasteiger partial charge in [0, 0.05) is 25.0 Å². The van der Waals surface area contributed by atoms with E-state index in [-0.39, 0.29) is 5.69 Å². The topological polar surface area (TPSA) is 102 Å². The predicted octanol–water partition coefficient (Wildman–Crippen LogP) is 1.88. The van der Waals surface area contributed by atoms with Gasteiger partial charge in [0.2, 0.25) is 5.95 Å². The number of nitrogens with zero attached hydrogens (tertiary/aromatic N) is 2. The molecule has 0 fully saturated rings. The number of nitrogens with one attached hydrogen (secondary N) is 2. The highest BCUT2D eigenvalue weighted by Gasteiger charge is 2.12. The van der Waals surface area contributed by atoms with Gasteiger partial charge in [-0.3, -0.25) is 4.79 Å². The Morgan fingerprint density at radius 2 is 1.96 bits per heavy atom. The molecule has 25 heavy (non-hydrogen) atoms. The summed E-state index contributed by atoms with van der Waals surface area (Å²) in [7, 11) is 2.90. The SMILES string of the molecule is COCCNc1nc(C)cc(C(=O)Nc2cccc(C(=O)OC)c2)n1. The number of benzene rings is 1. The van der Waals surface area contributed by atoms with Gasteiger partial charge in [-0.15, -0.1) is 0 Å². The van der Waals surface area contributed by atoms with E-state index in [1.54, 1.807) is 38.3 Å². The fourth-order valence-electron chi connectivity index (χ4n) is 2.07. The van der Waals surface area contributed by atoms with Crippen molar-refractivity contribution in [2.24, 2.45) is 0 Å². The fourth-order valence-corrected chi connectivity index (χ4v) is 2.07. The van der Waals surface area contributed by atoms with Gasteiger partial charge in [0.15, 0.2) is 0 Å². The molecule has 1 aromatic carbocycles. The Labute approximate surface area is 145 Å². The molecule has 1 heterocycles. The molecule has 0 saturated heterocycles. The number of anilines is 2. The Morgan fingerprint density at radius 3 is 2.68 bits per heavy atom. The minimum atomic E-state index is -0.474. The molecular weight excluding hydrogens is 324 g/mol. The smallest absolute Gasteiger partial charge is 0.337 e. The highest BCUT2D eigenvalue weighted by molar-refractivity contribution is 6.03. The largest absolute Gasteiger partial charge is 0.465 e. The number of esters is 1. The number of aryl methyl sites for hydroxylation is 1. The fraction of sp³-hybridized carbons (Fsp3) is 0.294. The maximum Gasteiger partial charge on any atom is 0.337 e. The maximum absolute atomic E-state index is 12.4. The van der Waals surface area contributed by atoms with E-state index in [1.807, 2.05) is 0 Å². The molecule has 2 N–H and O–H groups in total. The molecule has 0 atom stereocenters. The highest BCUT2D eigenvalue weighted by Crippen LogP contribution is 2.13. The van der Waals surface area contributed by atoms with Crippen molar-refractivity contribution in [3.05, 3.63) is 47.3 Å². The monoisotopic (exact) mass is 344 g/mol. The van der Waals surface area contributed by atoms with E-state index in [4.69, 9.17) is 4.74 Å². The van der Waals surface area contributed by atoms with Crippen LogP contribution in [0, 0.1) is 6.92 Å². The van der Waals surface area contributed by atoms with Gasteiger partial charge in [0.25, 0.3) is 5.91 Å². The van der Waals surface area contributed by atoms with Crippen molar-refractivity contribution in [2.45, 2.75) is 6.92 Å². The number of carbonyl (C=O) groups excluding carboxylic acids is 2. The molecule has 8 nitrogen and oxygen atoms in total. The van der Waals surface area contributed by atoms with Crippen LogP contribution in [0.15, 0.2) is 30.3 Å². The summed E-state index contributed by atoms with van der Waals surface area (Å²) in [5, 5.41) is 5.70. The summed E-state index contributed by atoms with van der Waals surface area (Å²) in [6, 6.07) is 8.06. The van der Waals surface area contributed by atoms with Gasteiger partial charge in [0.05, 0.1) is 19.3 Å². The third-order valence-corrected chi connectivity index (χ3v) is 3.22. The molecule has 0 spiro atoms. The number of hydrogen-bond acceptors (Lipinski definition) is 7. The van der Waals surface area contributed by atoms with Crippen LogP contribution in [0.5, 0.6) is 0 Å². The summed E-state index contributed by atoms with van der Waals surface area (Å²) in [6.07, 6.45) is 0.